The Morgan fingerprint density at radius 2 is 2.10 bits per heavy atom. The van der Waals surface area contributed by atoms with Gasteiger partial charge < -0.3 is 0 Å². The maximum Gasteiger partial charge on any atom is 0.141 e. The van der Waals surface area contributed by atoms with Crippen molar-refractivity contribution in [2.24, 2.45) is 0 Å². The SMILES string of the molecule is C#Cc1cccc(C#N)n1. The summed E-state index contributed by atoms with van der Waals surface area (Å²) in [6, 6.07) is 6.90. The van der Waals surface area contributed by atoms with E-state index in [1.165, 1.54) is 0 Å². The predicted octanol–water partition coefficient (Wildman–Crippen LogP) is 0.935. The van der Waals surface area contributed by atoms with Crippen LogP contribution in [0.25, 0.3) is 0 Å². The maximum atomic E-state index is 8.38. The van der Waals surface area contributed by atoms with Crippen LogP contribution in [-0.2, 0) is 0 Å². The average Bonchev–Trinajstić information content (AvgIpc) is 2.05. The summed E-state index contributed by atoms with van der Waals surface area (Å²) in [7, 11) is 0. The zero-order valence-electron chi connectivity index (χ0n) is 5.20. The molecule has 0 aromatic carbocycles. The second-order valence-electron chi connectivity index (χ2n) is 1.66. The minimum Gasteiger partial charge on any atom is -0.229 e. The Bertz CT molecular complexity index is 286. The van der Waals surface area contributed by atoms with E-state index in [0.29, 0.717) is 11.4 Å². The van der Waals surface area contributed by atoms with Crippen molar-refractivity contribution in [3.8, 4) is 18.4 Å². The normalized spacial score (nSPS) is 7.80. The van der Waals surface area contributed by atoms with Gasteiger partial charge in [-0.15, -0.1) is 6.42 Å². The van der Waals surface area contributed by atoms with Crippen molar-refractivity contribution in [1.82, 2.24) is 4.98 Å². The van der Waals surface area contributed by atoms with Gasteiger partial charge in [0.05, 0.1) is 0 Å². The topological polar surface area (TPSA) is 36.7 Å². The molecule has 0 aliphatic heterocycles. The Balaban J connectivity index is 3.17. The molecule has 0 spiro atoms. The molecule has 0 unspecified atom stereocenters. The molecule has 0 radical (unpaired) electrons. The van der Waals surface area contributed by atoms with Crippen molar-refractivity contribution in [2.75, 3.05) is 0 Å². The lowest BCUT2D eigenvalue weighted by molar-refractivity contribution is 1.23. The summed E-state index contributed by atoms with van der Waals surface area (Å²) in [6.07, 6.45) is 5.05. The molecule has 2 nitrogen and oxygen atoms in total. The fourth-order valence-corrected chi connectivity index (χ4v) is 0.577. The zero-order chi connectivity index (χ0) is 7.40. The average molecular weight is 128 g/mol. The summed E-state index contributed by atoms with van der Waals surface area (Å²) in [6.45, 7) is 0. The van der Waals surface area contributed by atoms with E-state index < -0.39 is 0 Å². The fourth-order valence-electron chi connectivity index (χ4n) is 0.577. The van der Waals surface area contributed by atoms with Gasteiger partial charge in [0, 0.05) is 0 Å². The third-order valence-electron chi connectivity index (χ3n) is 1.01. The van der Waals surface area contributed by atoms with Gasteiger partial charge in [-0.05, 0) is 12.1 Å². The van der Waals surface area contributed by atoms with Crippen LogP contribution >= 0.6 is 0 Å². The molecule has 0 aliphatic rings. The van der Waals surface area contributed by atoms with Crippen LogP contribution in [0.4, 0.5) is 0 Å². The van der Waals surface area contributed by atoms with Crippen LogP contribution in [0.2, 0.25) is 0 Å². The number of nitrogens with zero attached hydrogens (tertiary/aromatic N) is 2. The highest BCUT2D eigenvalue weighted by atomic mass is 14.7. The standard InChI is InChI=1S/C8H4N2/c1-2-7-4-3-5-8(6-9)10-7/h1,3-5H. The molecule has 2 heteroatoms. The first-order valence-electron chi connectivity index (χ1n) is 2.70. The number of hydrogen-bond acceptors (Lipinski definition) is 2. The van der Waals surface area contributed by atoms with E-state index in [0.717, 1.165) is 0 Å². The van der Waals surface area contributed by atoms with Gasteiger partial charge in [0.2, 0.25) is 0 Å². The summed E-state index contributed by atoms with van der Waals surface area (Å²) < 4.78 is 0. The van der Waals surface area contributed by atoms with Crippen LogP contribution in [0.1, 0.15) is 11.4 Å². The van der Waals surface area contributed by atoms with Crippen molar-refractivity contribution in [3.63, 3.8) is 0 Å². The van der Waals surface area contributed by atoms with Crippen molar-refractivity contribution in [1.29, 1.82) is 5.26 Å². The lowest BCUT2D eigenvalue weighted by Gasteiger charge is -1.87. The Labute approximate surface area is 59.1 Å². The van der Waals surface area contributed by atoms with E-state index in [1.54, 1.807) is 18.2 Å². The largest absolute Gasteiger partial charge is 0.229 e. The van der Waals surface area contributed by atoms with Crippen LogP contribution in [0, 0.1) is 23.7 Å². The van der Waals surface area contributed by atoms with E-state index >= 15 is 0 Å². The van der Waals surface area contributed by atoms with E-state index in [9.17, 15) is 0 Å². The molecule has 1 heterocycles. The molecule has 0 aliphatic carbocycles. The number of rotatable bonds is 0. The molecule has 1 aromatic rings. The Hall–Kier alpha value is -1.80. The number of pyridine rings is 1. The highest BCUT2D eigenvalue weighted by molar-refractivity contribution is 5.29. The second kappa shape index (κ2) is 2.66. The van der Waals surface area contributed by atoms with E-state index in [4.69, 9.17) is 11.7 Å². The first-order chi connectivity index (χ1) is 4.86. The molecule has 0 N–H and O–H groups in total. The second-order valence-corrected chi connectivity index (χ2v) is 1.66. The van der Waals surface area contributed by atoms with Crippen molar-refractivity contribution in [3.05, 3.63) is 29.6 Å². The van der Waals surface area contributed by atoms with Gasteiger partial charge in [-0.1, -0.05) is 12.0 Å². The summed E-state index contributed by atoms with van der Waals surface area (Å²) in [5.41, 5.74) is 0.856. The first kappa shape index (κ1) is 6.32. The van der Waals surface area contributed by atoms with Gasteiger partial charge in [-0.2, -0.15) is 5.26 Å². The predicted molar refractivity (Wildman–Crippen MR) is 36.9 cm³/mol. The quantitative estimate of drug-likeness (QED) is 0.487. The summed E-state index contributed by atoms with van der Waals surface area (Å²) >= 11 is 0. The molecule has 46 valence electrons. The van der Waals surface area contributed by atoms with Crippen molar-refractivity contribution < 1.29 is 0 Å². The molecule has 0 saturated heterocycles. The third kappa shape index (κ3) is 1.13. The monoisotopic (exact) mass is 128 g/mol. The van der Waals surface area contributed by atoms with Crippen LogP contribution in [0.15, 0.2) is 18.2 Å². The molecule has 1 rings (SSSR count). The van der Waals surface area contributed by atoms with Crippen LogP contribution < -0.4 is 0 Å². The zero-order valence-corrected chi connectivity index (χ0v) is 5.20. The minimum atomic E-state index is 0.357. The highest BCUT2D eigenvalue weighted by Gasteiger charge is 1.90. The highest BCUT2D eigenvalue weighted by Crippen LogP contribution is 1.94. The molecule has 0 amide bonds. The Kier molecular flexibility index (Phi) is 1.68. The van der Waals surface area contributed by atoms with Crippen molar-refractivity contribution in [2.45, 2.75) is 0 Å². The summed E-state index contributed by atoms with van der Waals surface area (Å²) in [5, 5.41) is 8.38. The molecule has 10 heavy (non-hydrogen) atoms. The summed E-state index contributed by atoms with van der Waals surface area (Å²) in [4.78, 5) is 3.81. The molecule has 0 bridgehead atoms. The first-order valence-corrected chi connectivity index (χ1v) is 2.70. The van der Waals surface area contributed by atoms with Crippen LogP contribution in [0.5, 0.6) is 0 Å². The van der Waals surface area contributed by atoms with Crippen molar-refractivity contribution >= 4 is 0 Å². The molecule has 0 fully saturated rings. The molecule has 0 saturated carbocycles. The number of nitriles is 1. The molecule has 0 atom stereocenters. The number of terminal acetylenes is 1. The van der Waals surface area contributed by atoms with Gasteiger partial charge in [-0.3, -0.25) is 0 Å². The van der Waals surface area contributed by atoms with Gasteiger partial charge >= 0.3 is 0 Å². The lowest BCUT2D eigenvalue weighted by Crippen LogP contribution is -1.84. The molecular weight excluding hydrogens is 124 g/mol. The van der Waals surface area contributed by atoms with Gasteiger partial charge in [0.25, 0.3) is 0 Å². The fraction of sp³-hybridized carbons (Fsp3) is 0. The Morgan fingerprint density at radius 1 is 1.40 bits per heavy atom. The van der Waals surface area contributed by atoms with E-state index in [-0.39, 0.29) is 0 Å². The number of hydrogen-bond donors (Lipinski definition) is 0. The number of aromatic nitrogens is 1. The van der Waals surface area contributed by atoms with E-state index in [2.05, 4.69) is 10.9 Å². The smallest absolute Gasteiger partial charge is 0.141 e. The van der Waals surface area contributed by atoms with Gasteiger partial charge in [0.1, 0.15) is 17.5 Å². The van der Waals surface area contributed by atoms with Crippen LogP contribution in [0.3, 0.4) is 0 Å². The Morgan fingerprint density at radius 3 is 2.70 bits per heavy atom. The van der Waals surface area contributed by atoms with Gasteiger partial charge in [-0.25, -0.2) is 4.98 Å². The van der Waals surface area contributed by atoms with E-state index in [1.807, 2.05) is 6.07 Å². The lowest BCUT2D eigenvalue weighted by atomic mass is 10.3. The minimum absolute atomic E-state index is 0.357. The molecule has 1 aromatic heterocycles. The summed E-state index contributed by atoms with van der Waals surface area (Å²) in [5.74, 6) is 2.34. The molecular formula is C8H4N2. The maximum absolute atomic E-state index is 8.38. The van der Waals surface area contributed by atoms with Crippen LogP contribution in [-0.4, -0.2) is 4.98 Å². The third-order valence-corrected chi connectivity index (χ3v) is 1.01. The van der Waals surface area contributed by atoms with Gasteiger partial charge in [0.15, 0.2) is 0 Å².